The van der Waals surface area contributed by atoms with Gasteiger partial charge in [-0.25, -0.2) is 4.98 Å². The van der Waals surface area contributed by atoms with Crippen molar-refractivity contribution in [2.45, 2.75) is 26.9 Å². The Balaban J connectivity index is 1.74. The van der Waals surface area contributed by atoms with Crippen LogP contribution in [0.3, 0.4) is 0 Å². The van der Waals surface area contributed by atoms with Crippen molar-refractivity contribution in [1.82, 2.24) is 14.7 Å². The number of pyridine rings is 1. The topological polar surface area (TPSA) is 29.3 Å². The molecular weight excluding hydrogens is 246 g/mol. The zero-order valence-corrected chi connectivity index (χ0v) is 11.9. The first kappa shape index (κ1) is 12.9. The predicted molar refractivity (Wildman–Crippen MR) is 81.7 cm³/mol. The zero-order valence-electron chi connectivity index (χ0n) is 11.9. The number of benzene rings is 1. The second-order valence-electron chi connectivity index (χ2n) is 5.10. The highest BCUT2D eigenvalue weighted by atomic mass is 15.0. The van der Waals surface area contributed by atoms with Crippen molar-refractivity contribution in [3.63, 3.8) is 0 Å². The molecule has 0 spiro atoms. The first-order valence-electron chi connectivity index (χ1n) is 6.93. The molecule has 0 aliphatic carbocycles. The van der Waals surface area contributed by atoms with Gasteiger partial charge in [0.15, 0.2) is 0 Å². The summed E-state index contributed by atoms with van der Waals surface area (Å²) in [7, 11) is 0. The third-order valence-electron chi connectivity index (χ3n) is 3.70. The van der Waals surface area contributed by atoms with Crippen LogP contribution < -0.4 is 5.32 Å². The highest BCUT2D eigenvalue weighted by Crippen LogP contribution is 2.12. The lowest BCUT2D eigenvalue weighted by Crippen LogP contribution is -2.15. The maximum absolute atomic E-state index is 4.58. The normalized spacial score (nSPS) is 11.1. The molecule has 0 aliphatic rings. The fraction of sp³-hybridized carbons (Fsp3) is 0.235. The van der Waals surface area contributed by atoms with Crippen LogP contribution in [-0.2, 0) is 13.1 Å². The zero-order chi connectivity index (χ0) is 13.9. The van der Waals surface area contributed by atoms with E-state index in [0.717, 1.165) is 24.4 Å². The van der Waals surface area contributed by atoms with E-state index in [1.165, 1.54) is 16.8 Å². The summed E-state index contributed by atoms with van der Waals surface area (Å²) < 4.78 is 2.15. The molecule has 20 heavy (non-hydrogen) atoms. The summed E-state index contributed by atoms with van der Waals surface area (Å²) in [5, 5.41) is 3.52. The van der Waals surface area contributed by atoms with Gasteiger partial charge in [0, 0.05) is 19.3 Å². The van der Waals surface area contributed by atoms with Crippen LogP contribution in [0.1, 0.15) is 22.5 Å². The van der Waals surface area contributed by atoms with Crippen LogP contribution in [0.15, 0.2) is 48.7 Å². The third kappa shape index (κ3) is 2.45. The van der Waals surface area contributed by atoms with E-state index >= 15 is 0 Å². The molecule has 0 bridgehead atoms. The molecule has 0 unspecified atom stereocenters. The Morgan fingerprint density at radius 3 is 2.65 bits per heavy atom. The first-order valence-corrected chi connectivity index (χ1v) is 6.93. The minimum absolute atomic E-state index is 0.825. The Morgan fingerprint density at radius 1 is 1.00 bits per heavy atom. The van der Waals surface area contributed by atoms with Crippen molar-refractivity contribution in [2.75, 3.05) is 0 Å². The van der Waals surface area contributed by atoms with Gasteiger partial charge in [0.25, 0.3) is 0 Å². The fourth-order valence-electron chi connectivity index (χ4n) is 2.50. The largest absolute Gasteiger partial charge is 0.307 e. The molecule has 0 saturated heterocycles. The quantitative estimate of drug-likeness (QED) is 0.784. The summed E-state index contributed by atoms with van der Waals surface area (Å²) >= 11 is 0. The summed E-state index contributed by atoms with van der Waals surface area (Å²) in [5.41, 5.74) is 6.01. The number of rotatable bonds is 4. The van der Waals surface area contributed by atoms with Crippen LogP contribution >= 0.6 is 0 Å². The number of nitrogens with zero attached hydrogens (tertiary/aromatic N) is 2. The molecule has 2 heterocycles. The number of hydrogen-bond acceptors (Lipinski definition) is 2. The van der Waals surface area contributed by atoms with Gasteiger partial charge in [-0.15, -0.1) is 0 Å². The summed E-state index contributed by atoms with van der Waals surface area (Å²) in [6.45, 7) is 5.92. The van der Waals surface area contributed by atoms with Crippen molar-refractivity contribution in [2.24, 2.45) is 0 Å². The van der Waals surface area contributed by atoms with Crippen LogP contribution in [0.2, 0.25) is 0 Å². The monoisotopic (exact) mass is 265 g/mol. The number of nitrogens with one attached hydrogen (secondary N) is 1. The van der Waals surface area contributed by atoms with Gasteiger partial charge < -0.3 is 9.72 Å². The van der Waals surface area contributed by atoms with Crippen LogP contribution in [0.4, 0.5) is 0 Å². The van der Waals surface area contributed by atoms with Gasteiger partial charge in [-0.1, -0.05) is 30.3 Å². The lowest BCUT2D eigenvalue weighted by atomic mass is 10.1. The first-order chi connectivity index (χ1) is 9.75. The van der Waals surface area contributed by atoms with Crippen LogP contribution in [-0.4, -0.2) is 9.38 Å². The summed E-state index contributed by atoms with van der Waals surface area (Å²) in [4.78, 5) is 4.58. The van der Waals surface area contributed by atoms with Gasteiger partial charge in [0.2, 0.25) is 0 Å². The molecule has 1 N–H and O–H groups in total. The van der Waals surface area contributed by atoms with Crippen molar-refractivity contribution in [3.05, 3.63) is 71.2 Å². The Hall–Kier alpha value is -2.13. The predicted octanol–water partition coefficient (Wildman–Crippen LogP) is 3.24. The van der Waals surface area contributed by atoms with Gasteiger partial charge in [0.1, 0.15) is 5.65 Å². The van der Waals surface area contributed by atoms with Crippen molar-refractivity contribution < 1.29 is 0 Å². The minimum Gasteiger partial charge on any atom is -0.307 e. The fourth-order valence-corrected chi connectivity index (χ4v) is 2.50. The van der Waals surface area contributed by atoms with Crippen molar-refractivity contribution in [1.29, 1.82) is 0 Å². The number of imidazole rings is 1. The number of aryl methyl sites for hydroxylation is 2. The van der Waals surface area contributed by atoms with E-state index in [9.17, 15) is 0 Å². The molecular formula is C17H19N3. The van der Waals surface area contributed by atoms with Gasteiger partial charge in [-0.2, -0.15) is 0 Å². The molecule has 2 aromatic heterocycles. The van der Waals surface area contributed by atoms with E-state index in [1.54, 1.807) is 0 Å². The molecule has 0 aliphatic heterocycles. The van der Waals surface area contributed by atoms with E-state index in [-0.39, 0.29) is 0 Å². The Bertz CT molecular complexity index is 728. The standard InChI is InChI=1S/C17H19N3/c1-13-7-3-4-8-15(13)11-18-12-16-14(2)19-17-9-5-6-10-20(16)17/h3-10,18H,11-12H2,1-2H3. The summed E-state index contributed by atoms with van der Waals surface area (Å²) in [5.74, 6) is 0. The average Bonchev–Trinajstić information content (AvgIpc) is 2.77. The van der Waals surface area contributed by atoms with Crippen molar-refractivity contribution in [3.8, 4) is 0 Å². The van der Waals surface area contributed by atoms with E-state index in [2.05, 4.69) is 59.0 Å². The second-order valence-corrected chi connectivity index (χ2v) is 5.10. The third-order valence-corrected chi connectivity index (χ3v) is 3.70. The highest BCUT2D eigenvalue weighted by Gasteiger charge is 2.07. The molecule has 3 rings (SSSR count). The highest BCUT2D eigenvalue weighted by molar-refractivity contribution is 5.42. The molecule has 0 atom stereocenters. The van der Waals surface area contributed by atoms with Gasteiger partial charge in [-0.05, 0) is 37.1 Å². The molecule has 0 radical (unpaired) electrons. The Kier molecular flexibility index (Phi) is 3.52. The van der Waals surface area contributed by atoms with Gasteiger partial charge >= 0.3 is 0 Å². The maximum Gasteiger partial charge on any atom is 0.137 e. The number of aromatic nitrogens is 2. The lowest BCUT2D eigenvalue weighted by molar-refractivity contribution is 0.670. The lowest BCUT2D eigenvalue weighted by Gasteiger charge is -2.08. The Morgan fingerprint density at radius 2 is 1.80 bits per heavy atom. The van der Waals surface area contributed by atoms with E-state index < -0.39 is 0 Å². The number of fused-ring (bicyclic) bond motifs is 1. The molecule has 0 amide bonds. The van der Waals surface area contributed by atoms with E-state index in [4.69, 9.17) is 0 Å². The smallest absolute Gasteiger partial charge is 0.137 e. The summed E-state index contributed by atoms with van der Waals surface area (Å²) in [6.07, 6.45) is 2.07. The van der Waals surface area contributed by atoms with Crippen LogP contribution in [0.5, 0.6) is 0 Å². The van der Waals surface area contributed by atoms with E-state index in [1.807, 2.05) is 18.2 Å². The van der Waals surface area contributed by atoms with Gasteiger partial charge in [-0.3, -0.25) is 0 Å². The van der Waals surface area contributed by atoms with Crippen molar-refractivity contribution >= 4 is 5.65 Å². The van der Waals surface area contributed by atoms with Crippen LogP contribution in [0.25, 0.3) is 5.65 Å². The molecule has 1 aromatic carbocycles. The molecule has 3 nitrogen and oxygen atoms in total. The van der Waals surface area contributed by atoms with Gasteiger partial charge in [0.05, 0.1) is 11.4 Å². The average molecular weight is 265 g/mol. The minimum atomic E-state index is 0.825. The number of hydrogen-bond donors (Lipinski definition) is 1. The molecule has 0 saturated carbocycles. The summed E-state index contributed by atoms with van der Waals surface area (Å²) in [6, 6.07) is 14.6. The molecule has 3 aromatic rings. The van der Waals surface area contributed by atoms with E-state index in [0.29, 0.717) is 0 Å². The second kappa shape index (κ2) is 5.47. The Labute approximate surface area is 119 Å². The molecule has 102 valence electrons. The SMILES string of the molecule is Cc1ccccc1CNCc1c(C)nc2ccccn12. The molecule has 3 heteroatoms. The van der Waals surface area contributed by atoms with Crippen LogP contribution in [0, 0.1) is 13.8 Å². The maximum atomic E-state index is 4.58. The molecule has 0 fully saturated rings.